The molecule has 0 aliphatic rings. The molecule has 0 aliphatic carbocycles. The van der Waals surface area contributed by atoms with Crippen molar-refractivity contribution in [2.75, 3.05) is 25.9 Å². The highest BCUT2D eigenvalue weighted by Gasteiger charge is 2.25. The van der Waals surface area contributed by atoms with Crippen LogP contribution in [0.5, 0.6) is 0 Å². The van der Waals surface area contributed by atoms with E-state index < -0.39 is 10.0 Å². The molecule has 0 radical (unpaired) electrons. The normalized spacial score (nSPS) is 11.6. The maximum Gasteiger partial charge on any atom is 0.243 e. The Labute approximate surface area is 113 Å². The molecule has 0 fully saturated rings. The third-order valence-electron chi connectivity index (χ3n) is 2.84. The summed E-state index contributed by atoms with van der Waals surface area (Å²) in [6.07, 6.45) is 0. The molecule has 0 saturated carbocycles. The fraction of sp³-hybridized carbons (Fsp3) is 0.417. The lowest BCUT2D eigenvalue weighted by Crippen LogP contribution is -2.39. The van der Waals surface area contributed by atoms with Crippen LogP contribution in [0, 0.1) is 6.92 Å². The van der Waals surface area contributed by atoms with Crippen LogP contribution in [0.25, 0.3) is 0 Å². The van der Waals surface area contributed by atoms with Crippen molar-refractivity contribution < 1.29 is 13.2 Å². The van der Waals surface area contributed by atoms with Crippen molar-refractivity contribution in [2.45, 2.75) is 18.7 Å². The highest BCUT2D eigenvalue weighted by Crippen LogP contribution is 2.20. The summed E-state index contributed by atoms with van der Waals surface area (Å²) < 4.78 is 25.8. The maximum absolute atomic E-state index is 12.4. The topological polar surface area (TPSA) is 92.5 Å². The summed E-state index contributed by atoms with van der Waals surface area (Å²) in [5, 5.41) is 2.40. The van der Waals surface area contributed by atoms with Crippen LogP contribution in [0.3, 0.4) is 0 Å². The highest BCUT2D eigenvalue weighted by molar-refractivity contribution is 7.89. The van der Waals surface area contributed by atoms with E-state index in [1.807, 2.05) is 0 Å². The minimum Gasteiger partial charge on any atom is -0.398 e. The minimum atomic E-state index is -3.70. The van der Waals surface area contributed by atoms with Gasteiger partial charge in [-0.25, -0.2) is 8.42 Å². The van der Waals surface area contributed by atoms with Gasteiger partial charge in [-0.05, 0) is 24.6 Å². The Morgan fingerprint density at radius 1 is 1.42 bits per heavy atom. The SMILES string of the molecule is CCN(CC(=O)NC)S(=O)(=O)c1ccc(C)c(N)c1. The van der Waals surface area contributed by atoms with Crippen LogP contribution in [0.1, 0.15) is 12.5 Å². The summed E-state index contributed by atoms with van der Waals surface area (Å²) in [7, 11) is -2.24. The number of carbonyl (C=O) groups is 1. The van der Waals surface area contributed by atoms with Crippen LogP contribution in [0.4, 0.5) is 5.69 Å². The first-order valence-electron chi connectivity index (χ1n) is 5.89. The van der Waals surface area contributed by atoms with E-state index in [9.17, 15) is 13.2 Å². The zero-order chi connectivity index (χ0) is 14.6. The van der Waals surface area contributed by atoms with Gasteiger partial charge in [-0.2, -0.15) is 4.31 Å². The fourth-order valence-corrected chi connectivity index (χ4v) is 2.98. The molecule has 0 atom stereocenters. The van der Waals surface area contributed by atoms with Crippen molar-refractivity contribution in [3.63, 3.8) is 0 Å². The molecular weight excluding hydrogens is 266 g/mol. The number of nitrogens with one attached hydrogen (secondary N) is 1. The van der Waals surface area contributed by atoms with Crippen LogP contribution in [0.2, 0.25) is 0 Å². The van der Waals surface area contributed by atoms with Crippen molar-refractivity contribution in [2.24, 2.45) is 0 Å². The van der Waals surface area contributed by atoms with Gasteiger partial charge >= 0.3 is 0 Å². The van der Waals surface area contributed by atoms with Gasteiger partial charge in [-0.1, -0.05) is 13.0 Å². The molecule has 0 heterocycles. The average molecular weight is 285 g/mol. The molecule has 6 nitrogen and oxygen atoms in total. The number of nitrogens with zero attached hydrogens (tertiary/aromatic N) is 1. The molecule has 0 aromatic heterocycles. The molecule has 0 bridgehead atoms. The second-order valence-corrected chi connectivity index (χ2v) is 6.06. The van der Waals surface area contributed by atoms with Crippen molar-refractivity contribution in [1.82, 2.24) is 9.62 Å². The number of hydrogen-bond donors (Lipinski definition) is 2. The van der Waals surface area contributed by atoms with E-state index in [0.29, 0.717) is 5.69 Å². The van der Waals surface area contributed by atoms with E-state index in [1.54, 1.807) is 19.9 Å². The highest BCUT2D eigenvalue weighted by atomic mass is 32.2. The molecule has 0 spiro atoms. The second kappa shape index (κ2) is 6.03. The predicted molar refractivity (Wildman–Crippen MR) is 74.1 cm³/mol. The van der Waals surface area contributed by atoms with Gasteiger partial charge in [0.15, 0.2) is 0 Å². The molecule has 7 heteroatoms. The summed E-state index contributed by atoms with van der Waals surface area (Å²) in [5.41, 5.74) is 6.95. The molecule has 1 aromatic carbocycles. The van der Waals surface area contributed by atoms with Gasteiger partial charge in [0.1, 0.15) is 0 Å². The number of nitrogens with two attached hydrogens (primary N) is 1. The molecule has 1 rings (SSSR count). The number of nitrogen functional groups attached to an aromatic ring is 1. The summed E-state index contributed by atoms with van der Waals surface area (Å²) in [6, 6.07) is 4.56. The lowest BCUT2D eigenvalue weighted by Gasteiger charge is -2.20. The van der Waals surface area contributed by atoms with E-state index >= 15 is 0 Å². The molecule has 19 heavy (non-hydrogen) atoms. The van der Waals surface area contributed by atoms with Crippen LogP contribution >= 0.6 is 0 Å². The second-order valence-electron chi connectivity index (χ2n) is 4.12. The molecule has 106 valence electrons. The molecule has 1 amide bonds. The quantitative estimate of drug-likeness (QED) is 0.763. The predicted octanol–water partition coefficient (Wildman–Crippen LogP) is 0.334. The first-order valence-corrected chi connectivity index (χ1v) is 7.33. The number of benzene rings is 1. The number of likely N-dealkylation sites (N-methyl/N-ethyl adjacent to an activating group) is 2. The standard InChI is InChI=1S/C12H19N3O3S/c1-4-15(8-12(16)14-3)19(17,18)10-6-5-9(2)11(13)7-10/h5-7H,4,8,13H2,1-3H3,(H,14,16). The molecule has 1 aromatic rings. The average Bonchev–Trinajstić information content (AvgIpc) is 2.38. The van der Waals surface area contributed by atoms with E-state index in [1.165, 1.54) is 19.2 Å². The summed E-state index contributed by atoms with van der Waals surface area (Å²) in [4.78, 5) is 11.4. The lowest BCUT2D eigenvalue weighted by molar-refractivity contribution is -0.120. The van der Waals surface area contributed by atoms with Gasteiger partial charge in [-0.3, -0.25) is 4.79 Å². The Morgan fingerprint density at radius 3 is 2.53 bits per heavy atom. The third kappa shape index (κ3) is 3.45. The molecule has 0 unspecified atom stereocenters. The van der Waals surface area contributed by atoms with Gasteiger partial charge in [0.05, 0.1) is 11.4 Å². The van der Waals surface area contributed by atoms with E-state index in [4.69, 9.17) is 5.73 Å². The third-order valence-corrected chi connectivity index (χ3v) is 4.76. The number of rotatable bonds is 5. The van der Waals surface area contributed by atoms with Crippen LogP contribution in [-0.4, -0.2) is 38.8 Å². The summed E-state index contributed by atoms with van der Waals surface area (Å²) >= 11 is 0. The first kappa shape index (κ1) is 15.5. The van der Waals surface area contributed by atoms with E-state index in [0.717, 1.165) is 9.87 Å². The largest absolute Gasteiger partial charge is 0.398 e. The maximum atomic E-state index is 12.4. The van der Waals surface area contributed by atoms with Gasteiger partial charge in [-0.15, -0.1) is 0 Å². The summed E-state index contributed by atoms with van der Waals surface area (Å²) in [6.45, 7) is 3.48. The van der Waals surface area contributed by atoms with Crippen molar-refractivity contribution in [1.29, 1.82) is 0 Å². The molecule has 3 N–H and O–H groups in total. The molecule has 0 saturated heterocycles. The number of amides is 1. The minimum absolute atomic E-state index is 0.0985. The van der Waals surface area contributed by atoms with Crippen molar-refractivity contribution in [3.05, 3.63) is 23.8 Å². The van der Waals surface area contributed by atoms with Crippen molar-refractivity contribution in [3.8, 4) is 0 Å². The van der Waals surface area contributed by atoms with Crippen LogP contribution < -0.4 is 11.1 Å². The number of hydrogen-bond acceptors (Lipinski definition) is 4. The fourth-order valence-electron chi connectivity index (χ4n) is 1.53. The monoisotopic (exact) mass is 285 g/mol. The Kier molecular flexibility index (Phi) is 4.90. The summed E-state index contributed by atoms with van der Waals surface area (Å²) in [5.74, 6) is -0.356. The smallest absolute Gasteiger partial charge is 0.243 e. The zero-order valence-corrected chi connectivity index (χ0v) is 12.1. The van der Waals surface area contributed by atoms with Gasteiger partial charge in [0, 0.05) is 19.3 Å². The van der Waals surface area contributed by atoms with Crippen LogP contribution in [0.15, 0.2) is 23.1 Å². The van der Waals surface area contributed by atoms with E-state index in [2.05, 4.69) is 5.32 Å². The first-order chi connectivity index (χ1) is 8.82. The number of sulfonamides is 1. The molecule has 0 aliphatic heterocycles. The van der Waals surface area contributed by atoms with Gasteiger partial charge in [0.2, 0.25) is 15.9 Å². The van der Waals surface area contributed by atoms with Gasteiger partial charge < -0.3 is 11.1 Å². The number of aryl methyl sites for hydroxylation is 1. The Morgan fingerprint density at radius 2 is 2.05 bits per heavy atom. The Hall–Kier alpha value is -1.60. The lowest BCUT2D eigenvalue weighted by atomic mass is 10.2. The van der Waals surface area contributed by atoms with Crippen molar-refractivity contribution >= 4 is 21.6 Å². The number of anilines is 1. The zero-order valence-electron chi connectivity index (χ0n) is 11.3. The Balaban J connectivity index is 3.13. The number of carbonyl (C=O) groups excluding carboxylic acids is 1. The Bertz CT molecular complexity index is 570. The van der Waals surface area contributed by atoms with E-state index in [-0.39, 0.29) is 23.9 Å². The van der Waals surface area contributed by atoms with Gasteiger partial charge in [0.25, 0.3) is 0 Å². The molecular formula is C12H19N3O3S. The van der Waals surface area contributed by atoms with Crippen LogP contribution in [-0.2, 0) is 14.8 Å².